The van der Waals surface area contributed by atoms with Crippen molar-refractivity contribution in [2.75, 3.05) is 14.1 Å². The molecule has 1 atom stereocenters. The molecule has 2 nitrogen and oxygen atoms in total. The molecule has 0 rings (SSSR count). The van der Waals surface area contributed by atoms with Gasteiger partial charge in [-0.3, -0.25) is 0 Å². The Labute approximate surface area is 92.9 Å². The highest BCUT2D eigenvalue weighted by molar-refractivity contribution is 7.80. The van der Waals surface area contributed by atoms with E-state index in [1.165, 1.54) is 19.3 Å². The highest BCUT2D eigenvalue weighted by atomic mass is 32.1. The lowest BCUT2D eigenvalue weighted by atomic mass is 10.1. The van der Waals surface area contributed by atoms with Crippen LogP contribution in [0.25, 0.3) is 0 Å². The minimum Gasteiger partial charge on any atom is -0.463 e. The maximum Gasteiger partial charge on any atom is 0.259 e. The van der Waals surface area contributed by atoms with Crippen molar-refractivity contribution >= 4 is 17.4 Å². The number of unbranched alkanes of at least 4 members (excludes halogenated alkanes) is 2. The lowest BCUT2D eigenvalue weighted by Gasteiger charge is -2.20. The molecule has 0 aliphatic carbocycles. The summed E-state index contributed by atoms with van der Waals surface area (Å²) in [6.07, 6.45) is 6.53. The summed E-state index contributed by atoms with van der Waals surface area (Å²) in [7, 11) is 3.77. The van der Waals surface area contributed by atoms with Crippen LogP contribution in [-0.4, -0.2) is 30.3 Å². The molecule has 0 heterocycles. The van der Waals surface area contributed by atoms with Gasteiger partial charge in [-0.1, -0.05) is 32.4 Å². The van der Waals surface area contributed by atoms with E-state index < -0.39 is 0 Å². The van der Waals surface area contributed by atoms with Gasteiger partial charge in [0, 0.05) is 14.1 Å². The molecule has 3 heteroatoms. The predicted octanol–water partition coefficient (Wildman–Crippen LogP) is 2.98. The largest absolute Gasteiger partial charge is 0.463 e. The van der Waals surface area contributed by atoms with Crippen LogP contribution in [0.2, 0.25) is 0 Å². The first-order chi connectivity index (χ1) is 6.61. The maximum atomic E-state index is 5.55. The number of rotatable bonds is 6. The van der Waals surface area contributed by atoms with E-state index in [4.69, 9.17) is 17.0 Å². The van der Waals surface area contributed by atoms with Gasteiger partial charge in [-0.2, -0.15) is 0 Å². The third-order valence-electron chi connectivity index (χ3n) is 1.97. The molecule has 0 bridgehead atoms. The van der Waals surface area contributed by atoms with E-state index in [1.807, 2.05) is 20.2 Å². The van der Waals surface area contributed by atoms with E-state index >= 15 is 0 Å². The minimum absolute atomic E-state index is 0.0662. The Morgan fingerprint density at radius 2 is 2.14 bits per heavy atom. The Balaban J connectivity index is 3.78. The van der Waals surface area contributed by atoms with Crippen LogP contribution in [0.5, 0.6) is 0 Å². The molecule has 0 aromatic rings. The summed E-state index contributed by atoms with van der Waals surface area (Å²) >= 11 is 5.06. The van der Waals surface area contributed by atoms with Crippen LogP contribution >= 0.6 is 12.2 Å². The van der Waals surface area contributed by atoms with Gasteiger partial charge in [0.15, 0.2) is 0 Å². The van der Waals surface area contributed by atoms with Crippen LogP contribution in [0.1, 0.15) is 32.6 Å². The summed E-state index contributed by atoms with van der Waals surface area (Å²) < 4.78 is 5.55. The zero-order chi connectivity index (χ0) is 11.0. The third-order valence-corrected chi connectivity index (χ3v) is 2.43. The smallest absolute Gasteiger partial charge is 0.259 e. The molecule has 0 radical (unpaired) electrons. The molecule has 0 amide bonds. The quantitative estimate of drug-likeness (QED) is 0.384. The molecular weight excluding hydrogens is 194 g/mol. The summed E-state index contributed by atoms with van der Waals surface area (Å²) in [6, 6.07) is 0. The highest BCUT2D eigenvalue weighted by Crippen LogP contribution is 2.08. The van der Waals surface area contributed by atoms with Gasteiger partial charge in [0.25, 0.3) is 5.17 Å². The SMILES string of the molecule is C=CC(CCCCC)OC(=S)N(C)C. The second-order valence-corrected chi connectivity index (χ2v) is 3.90. The van der Waals surface area contributed by atoms with Crippen molar-refractivity contribution in [3.8, 4) is 0 Å². The lowest BCUT2D eigenvalue weighted by molar-refractivity contribution is 0.197. The van der Waals surface area contributed by atoms with Crippen LogP contribution in [-0.2, 0) is 4.74 Å². The molecule has 0 fully saturated rings. The molecule has 0 saturated heterocycles. The highest BCUT2D eigenvalue weighted by Gasteiger charge is 2.08. The van der Waals surface area contributed by atoms with Crippen molar-refractivity contribution in [2.24, 2.45) is 0 Å². The Morgan fingerprint density at radius 3 is 2.57 bits per heavy atom. The van der Waals surface area contributed by atoms with Crippen molar-refractivity contribution in [3.05, 3.63) is 12.7 Å². The Morgan fingerprint density at radius 1 is 1.50 bits per heavy atom. The van der Waals surface area contributed by atoms with Gasteiger partial charge in [0.2, 0.25) is 0 Å². The Hall–Kier alpha value is -0.570. The zero-order valence-electron chi connectivity index (χ0n) is 9.45. The van der Waals surface area contributed by atoms with E-state index in [2.05, 4.69) is 13.5 Å². The molecule has 0 aliphatic rings. The predicted molar refractivity (Wildman–Crippen MR) is 65.5 cm³/mol. The normalized spacial score (nSPS) is 11.9. The van der Waals surface area contributed by atoms with Crippen molar-refractivity contribution in [2.45, 2.75) is 38.7 Å². The van der Waals surface area contributed by atoms with Gasteiger partial charge in [-0.05, 0) is 25.1 Å². The molecule has 82 valence electrons. The van der Waals surface area contributed by atoms with Crippen molar-refractivity contribution in [1.82, 2.24) is 4.90 Å². The van der Waals surface area contributed by atoms with E-state index in [0.717, 1.165) is 6.42 Å². The standard InChI is InChI=1S/C11H21NOS/c1-5-7-8-9-10(6-2)13-11(14)12(3)4/h6,10H,2,5,7-9H2,1,3-4H3. The fourth-order valence-corrected chi connectivity index (χ4v) is 1.18. The van der Waals surface area contributed by atoms with Crippen LogP contribution < -0.4 is 0 Å². The van der Waals surface area contributed by atoms with Gasteiger partial charge in [0.1, 0.15) is 6.10 Å². The van der Waals surface area contributed by atoms with Gasteiger partial charge < -0.3 is 9.64 Å². The summed E-state index contributed by atoms with van der Waals surface area (Å²) in [5.41, 5.74) is 0. The fraction of sp³-hybridized carbons (Fsp3) is 0.727. The summed E-state index contributed by atoms with van der Waals surface area (Å²) in [4.78, 5) is 1.80. The summed E-state index contributed by atoms with van der Waals surface area (Å²) in [5, 5.41) is 0.534. The first kappa shape index (κ1) is 13.4. The Kier molecular flexibility index (Phi) is 7.48. The number of hydrogen-bond donors (Lipinski definition) is 0. The molecule has 14 heavy (non-hydrogen) atoms. The minimum atomic E-state index is 0.0662. The van der Waals surface area contributed by atoms with E-state index in [0.29, 0.717) is 5.17 Å². The first-order valence-corrected chi connectivity index (χ1v) is 5.53. The topological polar surface area (TPSA) is 12.5 Å². The second-order valence-electron chi connectivity index (χ2n) is 3.55. The van der Waals surface area contributed by atoms with E-state index in [1.54, 1.807) is 4.90 Å². The number of thiocarbonyl (C=S) groups is 1. The second kappa shape index (κ2) is 7.80. The van der Waals surface area contributed by atoms with Crippen LogP contribution in [0.3, 0.4) is 0 Å². The molecule has 0 aromatic carbocycles. The van der Waals surface area contributed by atoms with Gasteiger partial charge in [-0.15, -0.1) is 0 Å². The fourth-order valence-electron chi connectivity index (χ4n) is 1.06. The van der Waals surface area contributed by atoms with Crippen molar-refractivity contribution in [3.63, 3.8) is 0 Å². The monoisotopic (exact) mass is 215 g/mol. The van der Waals surface area contributed by atoms with E-state index in [9.17, 15) is 0 Å². The van der Waals surface area contributed by atoms with Gasteiger partial charge in [-0.25, -0.2) is 0 Å². The average Bonchev–Trinajstić information content (AvgIpc) is 2.16. The average molecular weight is 215 g/mol. The molecule has 0 aliphatic heterocycles. The van der Waals surface area contributed by atoms with Crippen LogP contribution in [0, 0.1) is 0 Å². The zero-order valence-corrected chi connectivity index (χ0v) is 10.3. The molecule has 0 N–H and O–H groups in total. The summed E-state index contributed by atoms with van der Waals surface area (Å²) in [5.74, 6) is 0. The van der Waals surface area contributed by atoms with Crippen LogP contribution in [0.4, 0.5) is 0 Å². The number of ether oxygens (including phenoxy) is 1. The maximum absolute atomic E-state index is 5.55. The van der Waals surface area contributed by atoms with Crippen molar-refractivity contribution in [1.29, 1.82) is 0 Å². The lowest BCUT2D eigenvalue weighted by Crippen LogP contribution is -2.26. The molecular formula is C11H21NOS. The van der Waals surface area contributed by atoms with Crippen LogP contribution in [0.15, 0.2) is 12.7 Å². The van der Waals surface area contributed by atoms with Gasteiger partial charge in [0.05, 0.1) is 0 Å². The number of hydrogen-bond acceptors (Lipinski definition) is 2. The third kappa shape index (κ3) is 5.97. The molecule has 0 saturated carbocycles. The van der Waals surface area contributed by atoms with E-state index in [-0.39, 0.29) is 6.10 Å². The molecule has 0 aromatic heterocycles. The Bertz CT molecular complexity index is 180. The van der Waals surface area contributed by atoms with Gasteiger partial charge >= 0.3 is 0 Å². The first-order valence-electron chi connectivity index (χ1n) is 5.12. The summed E-state index contributed by atoms with van der Waals surface area (Å²) in [6.45, 7) is 5.94. The van der Waals surface area contributed by atoms with Crippen molar-refractivity contribution < 1.29 is 4.74 Å². The number of nitrogens with zero attached hydrogens (tertiary/aromatic N) is 1. The molecule has 0 spiro atoms. The molecule has 1 unspecified atom stereocenters.